The Labute approximate surface area is 150 Å². The highest BCUT2D eigenvalue weighted by atomic mass is 35.5. The van der Waals surface area contributed by atoms with E-state index in [0.29, 0.717) is 40.8 Å². The number of amides is 2. The van der Waals surface area contributed by atoms with E-state index >= 15 is 0 Å². The number of carbonyl (C=O) groups is 2. The molecule has 0 unspecified atom stereocenters. The average Bonchev–Trinajstić information content (AvgIpc) is 2.99. The fourth-order valence-corrected chi connectivity index (χ4v) is 3.10. The van der Waals surface area contributed by atoms with Gasteiger partial charge in [-0.3, -0.25) is 9.59 Å². The first-order valence-electron chi connectivity index (χ1n) is 7.68. The molecular formula is C18H16Cl2N2O2. The van der Waals surface area contributed by atoms with Crippen molar-refractivity contribution in [2.75, 3.05) is 11.4 Å². The average molecular weight is 363 g/mol. The van der Waals surface area contributed by atoms with Crippen molar-refractivity contribution in [3.63, 3.8) is 0 Å². The van der Waals surface area contributed by atoms with Crippen LogP contribution in [0.15, 0.2) is 42.5 Å². The summed E-state index contributed by atoms with van der Waals surface area (Å²) in [5.74, 6) is -0.251. The summed E-state index contributed by atoms with van der Waals surface area (Å²) >= 11 is 12.2. The molecule has 0 aromatic heterocycles. The van der Waals surface area contributed by atoms with Gasteiger partial charge in [-0.05, 0) is 36.2 Å². The molecule has 1 fully saturated rings. The number of anilines is 1. The normalized spacial score (nSPS) is 14.1. The van der Waals surface area contributed by atoms with Gasteiger partial charge in [-0.1, -0.05) is 41.4 Å². The van der Waals surface area contributed by atoms with Gasteiger partial charge in [0, 0.05) is 29.6 Å². The molecule has 0 bridgehead atoms. The smallest absolute Gasteiger partial charge is 0.253 e. The van der Waals surface area contributed by atoms with Crippen LogP contribution in [-0.4, -0.2) is 18.4 Å². The van der Waals surface area contributed by atoms with Crippen molar-refractivity contribution in [3.8, 4) is 0 Å². The zero-order valence-electron chi connectivity index (χ0n) is 12.9. The zero-order chi connectivity index (χ0) is 17.1. The van der Waals surface area contributed by atoms with E-state index in [9.17, 15) is 9.59 Å². The van der Waals surface area contributed by atoms with E-state index in [-0.39, 0.29) is 11.8 Å². The third-order valence-corrected chi connectivity index (χ3v) is 4.57. The molecular weight excluding hydrogens is 347 g/mol. The second-order valence-electron chi connectivity index (χ2n) is 5.58. The van der Waals surface area contributed by atoms with Gasteiger partial charge >= 0.3 is 0 Å². The van der Waals surface area contributed by atoms with Crippen LogP contribution >= 0.6 is 23.2 Å². The number of nitrogens with zero attached hydrogens (tertiary/aromatic N) is 1. The predicted molar refractivity (Wildman–Crippen MR) is 95.7 cm³/mol. The van der Waals surface area contributed by atoms with Crippen LogP contribution in [0.2, 0.25) is 10.0 Å². The standard InChI is InChI=1S/C18H16Cl2N2O2/c19-13-7-8-14(16(10-13)22-9-3-6-17(22)23)18(24)21-11-12-4-1-2-5-15(12)20/h1-2,4-5,7-8,10H,3,6,9,11H2,(H,21,24). The second-order valence-corrected chi connectivity index (χ2v) is 6.43. The lowest BCUT2D eigenvalue weighted by Gasteiger charge is -2.20. The number of carbonyl (C=O) groups excluding carboxylic acids is 2. The first-order chi connectivity index (χ1) is 11.6. The molecule has 1 saturated heterocycles. The van der Waals surface area contributed by atoms with Crippen molar-refractivity contribution in [1.82, 2.24) is 5.32 Å². The molecule has 4 nitrogen and oxygen atoms in total. The maximum atomic E-state index is 12.6. The molecule has 1 aliphatic rings. The van der Waals surface area contributed by atoms with Crippen molar-refractivity contribution in [2.24, 2.45) is 0 Å². The van der Waals surface area contributed by atoms with Gasteiger partial charge < -0.3 is 10.2 Å². The summed E-state index contributed by atoms with van der Waals surface area (Å²) in [5.41, 5.74) is 1.82. The largest absolute Gasteiger partial charge is 0.348 e. The third-order valence-electron chi connectivity index (χ3n) is 3.97. The van der Waals surface area contributed by atoms with Gasteiger partial charge in [0.2, 0.25) is 5.91 Å². The van der Waals surface area contributed by atoms with Crippen molar-refractivity contribution in [2.45, 2.75) is 19.4 Å². The van der Waals surface area contributed by atoms with Crippen molar-refractivity contribution < 1.29 is 9.59 Å². The Hall–Kier alpha value is -2.04. The highest BCUT2D eigenvalue weighted by Crippen LogP contribution is 2.28. The predicted octanol–water partition coefficient (Wildman–Crippen LogP) is 4.05. The molecule has 2 amide bonds. The summed E-state index contributed by atoms with van der Waals surface area (Å²) in [5, 5.41) is 3.94. The van der Waals surface area contributed by atoms with E-state index in [1.54, 1.807) is 29.2 Å². The van der Waals surface area contributed by atoms with E-state index < -0.39 is 0 Å². The van der Waals surface area contributed by atoms with Gasteiger partial charge in [0.25, 0.3) is 5.91 Å². The number of hydrogen-bond acceptors (Lipinski definition) is 2. The van der Waals surface area contributed by atoms with Crippen molar-refractivity contribution >= 4 is 40.7 Å². The molecule has 0 aliphatic carbocycles. The van der Waals surface area contributed by atoms with Gasteiger partial charge in [-0.25, -0.2) is 0 Å². The van der Waals surface area contributed by atoms with Crippen LogP contribution in [0.5, 0.6) is 0 Å². The highest BCUT2D eigenvalue weighted by Gasteiger charge is 2.26. The summed E-state index contributed by atoms with van der Waals surface area (Å²) in [7, 11) is 0. The molecule has 0 atom stereocenters. The topological polar surface area (TPSA) is 49.4 Å². The number of benzene rings is 2. The van der Waals surface area contributed by atoms with Crippen LogP contribution in [0.1, 0.15) is 28.8 Å². The van der Waals surface area contributed by atoms with Crippen LogP contribution in [0.4, 0.5) is 5.69 Å². The minimum absolute atomic E-state index is 0.0115. The molecule has 6 heteroatoms. The minimum atomic E-state index is -0.263. The second kappa shape index (κ2) is 7.24. The van der Waals surface area contributed by atoms with E-state index in [1.165, 1.54) is 0 Å². The van der Waals surface area contributed by atoms with E-state index in [0.717, 1.165) is 12.0 Å². The highest BCUT2D eigenvalue weighted by molar-refractivity contribution is 6.31. The quantitative estimate of drug-likeness (QED) is 0.891. The van der Waals surface area contributed by atoms with E-state index in [4.69, 9.17) is 23.2 Å². The van der Waals surface area contributed by atoms with Crippen molar-refractivity contribution in [1.29, 1.82) is 0 Å². The molecule has 124 valence electrons. The summed E-state index contributed by atoms with van der Waals surface area (Å²) in [4.78, 5) is 26.2. The molecule has 0 spiro atoms. The van der Waals surface area contributed by atoms with Gasteiger partial charge in [-0.15, -0.1) is 0 Å². The lowest BCUT2D eigenvalue weighted by Crippen LogP contribution is -2.29. The molecule has 3 rings (SSSR count). The Bertz CT molecular complexity index is 792. The van der Waals surface area contributed by atoms with Gasteiger partial charge in [0.05, 0.1) is 11.3 Å². The number of hydrogen-bond donors (Lipinski definition) is 1. The van der Waals surface area contributed by atoms with Crippen LogP contribution in [0.3, 0.4) is 0 Å². The minimum Gasteiger partial charge on any atom is -0.348 e. The zero-order valence-corrected chi connectivity index (χ0v) is 14.4. The first-order valence-corrected chi connectivity index (χ1v) is 8.43. The summed E-state index contributed by atoms with van der Waals surface area (Å²) in [6.07, 6.45) is 1.28. The molecule has 1 N–H and O–H groups in total. The van der Waals surface area contributed by atoms with Crippen LogP contribution < -0.4 is 10.2 Å². The maximum absolute atomic E-state index is 12.6. The Morgan fingerprint density at radius 3 is 2.67 bits per heavy atom. The van der Waals surface area contributed by atoms with Crippen molar-refractivity contribution in [3.05, 3.63) is 63.6 Å². The van der Waals surface area contributed by atoms with Crippen LogP contribution in [0.25, 0.3) is 0 Å². The Morgan fingerprint density at radius 1 is 1.17 bits per heavy atom. The molecule has 2 aromatic rings. The molecule has 0 radical (unpaired) electrons. The summed E-state index contributed by atoms with van der Waals surface area (Å²) < 4.78 is 0. The van der Waals surface area contributed by atoms with Gasteiger partial charge in [-0.2, -0.15) is 0 Å². The lowest BCUT2D eigenvalue weighted by atomic mass is 10.1. The molecule has 1 heterocycles. The summed E-state index contributed by atoms with van der Waals surface area (Å²) in [6.45, 7) is 0.915. The third kappa shape index (κ3) is 3.55. The Kier molecular flexibility index (Phi) is 5.07. The molecule has 0 saturated carbocycles. The number of halogens is 2. The fraction of sp³-hybridized carbons (Fsp3) is 0.222. The van der Waals surface area contributed by atoms with Gasteiger partial charge in [0.15, 0.2) is 0 Å². The fourth-order valence-electron chi connectivity index (χ4n) is 2.74. The van der Waals surface area contributed by atoms with Crippen LogP contribution in [-0.2, 0) is 11.3 Å². The summed E-state index contributed by atoms with van der Waals surface area (Å²) in [6, 6.07) is 12.3. The first kappa shape index (κ1) is 16.8. The Morgan fingerprint density at radius 2 is 1.96 bits per heavy atom. The van der Waals surface area contributed by atoms with E-state index in [1.807, 2.05) is 18.2 Å². The monoisotopic (exact) mass is 362 g/mol. The maximum Gasteiger partial charge on any atom is 0.253 e. The van der Waals surface area contributed by atoms with Crippen LogP contribution in [0, 0.1) is 0 Å². The molecule has 24 heavy (non-hydrogen) atoms. The molecule has 1 aliphatic heterocycles. The Balaban J connectivity index is 1.82. The SMILES string of the molecule is O=C(NCc1ccccc1Cl)c1ccc(Cl)cc1N1CCCC1=O. The number of rotatable bonds is 4. The van der Waals surface area contributed by atoms with E-state index in [2.05, 4.69) is 5.32 Å². The lowest BCUT2D eigenvalue weighted by molar-refractivity contribution is -0.117. The van der Waals surface area contributed by atoms with Gasteiger partial charge in [0.1, 0.15) is 0 Å². The molecule has 2 aromatic carbocycles. The number of nitrogens with one attached hydrogen (secondary N) is 1.